The minimum Gasteiger partial charge on any atom is -0.444 e. The van der Waals surface area contributed by atoms with Crippen LogP contribution in [0.25, 0.3) is 0 Å². The van der Waals surface area contributed by atoms with Gasteiger partial charge in [0, 0.05) is 44.5 Å². The number of nitrogens with zero attached hydrogens (tertiary/aromatic N) is 3. The zero-order valence-electron chi connectivity index (χ0n) is 30.2. The van der Waals surface area contributed by atoms with E-state index in [0.29, 0.717) is 51.4 Å². The number of likely N-dealkylation sites (tertiary alicyclic amines) is 1. The van der Waals surface area contributed by atoms with E-state index in [1.54, 1.807) is 42.7 Å². The van der Waals surface area contributed by atoms with E-state index in [1.807, 2.05) is 60.6 Å². The fourth-order valence-corrected chi connectivity index (χ4v) is 5.33. The van der Waals surface area contributed by atoms with Gasteiger partial charge < -0.3 is 29.3 Å². The Morgan fingerprint density at radius 2 is 1.58 bits per heavy atom. The summed E-state index contributed by atoms with van der Waals surface area (Å²) in [4.78, 5) is 46.7. The van der Waals surface area contributed by atoms with Gasteiger partial charge in [0.05, 0.1) is 0 Å². The number of ether oxygens (including phenoxy) is 3. The van der Waals surface area contributed by atoms with Gasteiger partial charge in [0.1, 0.15) is 28.4 Å². The Balaban J connectivity index is 1.75. The fourth-order valence-electron chi connectivity index (χ4n) is 5.33. The molecule has 1 fully saturated rings. The van der Waals surface area contributed by atoms with Gasteiger partial charge in [-0.15, -0.1) is 0 Å². The molecule has 2 unspecified atom stereocenters. The van der Waals surface area contributed by atoms with Gasteiger partial charge in [-0.05, 0) is 123 Å². The maximum Gasteiger partial charge on any atom is 0.413 e. The van der Waals surface area contributed by atoms with Crippen molar-refractivity contribution in [3.8, 4) is 0 Å². The number of hydrogen-bond acceptors (Lipinski definition) is 8. The molecule has 0 bridgehead atoms. The maximum absolute atomic E-state index is 13.8. The average Bonchev–Trinajstić information content (AvgIpc) is 3.29. The van der Waals surface area contributed by atoms with Crippen LogP contribution in [0, 0.1) is 18.7 Å². The van der Waals surface area contributed by atoms with E-state index in [4.69, 9.17) is 14.2 Å². The lowest BCUT2D eigenvalue weighted by atomic mass is 9.97. The number of aromatic nitrogens is 1. The van der Waals surface area contributed by atoms with Gasteiger partial charge in [-0.2, -0.15) is 0 Å². The lowest BCUT2D eigenvalue weighted by molar-refractivity contribution is 0.0251. The summed E-state index contributed by atoms with van der Waals surface area (Å²) in [6, 6.07) is 9.95. The Bertz CT molecular complexity index is 1410. The Hall–Kier alpha value is -3.93. The summed E-state index contributed by atoms with van der Waals surface area (Å²) in [7, 11) is 0. The number of nitrogens with one attached hydrogen (secondary N) is 2. The van der Waals surface area contributed by atoms with Gasteiger partial charge in [0.2, 0.25) is 0 Å². The number of carbonyl (C=O) groups excluding carboxylic acids is 3. The number of benzene rings is 1. The molecule has 1 aliphatic heterocycles. The first-order valence-electron chi connectivity index (χ1n) is 16.6. The van der Waals surface area contributed by atoms with Crippen molar-refractivity contribution in [3.63, 3.8) is 0 Å². The number of halogens is 1. The van der Waals surface area contributed by atoms with Crippen LogP contribution in [0.4, 0.5) is 24.6 Å². The molecule has 11 nitrogen and oxygen atoms in total. The summed E-state index contributed by atoms with van der Waals surface area (Å²) in [6.45, 7) is 20.2. The van der Waals surface area contributed by atoms with Crippen LogP contribution in [-0.4, -0.2) is 88.6 Å². The molecular formula is C36H54FN5O6. The molecule has 0 saturated carbocycles. The smallest absolute Gasteiger partial charge is 0.413 e. The van der Waals surface area contributed by atoms with Gasteiger partial charge in [0.15, 0.2) is 0 Å². The number of rotatable bonds is 10. The molecule has 3 rings (SSSR count). The van der Waals surface area contributed by atoms with Crippen molar-refractivity contribution < 1.29 is 33.0 Å². The zero-order valence-corrected chi connectivity index (χ0v) is 30.2. The highest BCUT2D eigenvalue weighted by Crippen LogP contribution is 2.25. The molecule has 1 saturated heterocycles. The van der Waals surface area contributed by atoms with Crippen LogP contribution < -0.4 is 10.6 Å². The van der Waals surface area contributed by atoms with Crippen molar-refractivity contribution in [3.05, 3.63) is 59.0 Å². The zero-order chi connectivity index (χ0) is 35.9. The summed E-state index contributed by atoms with van der Waals surface area (Å²) in [5, 5.41) is 6.29. The van der Waals surface area contributed by atoms with E-state index in [1.165, 1.54) is 12.1 Å². The summed E-state index contributed by atoms with van der Waals surface area (Å²) >= 11 is 0. The van der Waals surface area contributed by atoms with Crippen molar-refractivity contribution in [1.29, 1.82) is 0 Å². The molecule has 0 spiro atoms. The average molecular weight is 672 g/mol. The minimum absolute atomic E-state index is 0.0385. The monoisotopic (exact) mass is 671 g/mol. The molecule has 0 aliphatic carbocycles. The second kappa shape index (κ2) is 16.0. The molecule has 1 aromatic carbocycles. The Kier molecular flexibility index (Phi) is 12.8. The number of anilines is 1. The van der Waals surface area contributed by atoms with E-state index in [2.05, 4.69) is 15.6 Å². The molecular weight excluding hydrogens is 617 g/mol. The minimum atomic E-state index is -0.676. The third kappa shape index (κ3) is 13.7. The SMILES string of the molecule is Cc1cc(CC2CN(C(=O)OC(C)(C)C)CC2NCCN(CCc2cccc(F)c2)C(=O)OC(C)(C)C)nc(NC(=O)OC(C)(C)C)c1. The van der Waals surface area contributed by atoms with Gasteiger partial charge in [-0.3, -0.25) is 5.32 Å². The van der Waals surface area contributed by atoms with Crippen molar-refractivity contribution in [2.24, 2.45) is 5.92 Å². The molecule has 266 valence electrons. The second-order valence-corrected chi connectivity index (χ2v) is 15.4. The van der Waals surface area contributed by atoms with Crippen LogP contribution in [0.1, 0.15) is 79.1 Å². The van der Waals surface area contributed by atoms with Gasteiger partial charge in [0.25, 0.3) is 0 Å². The standard InChI is InChI=1S/C36H54FN5O6/c1-24-18-28(39-30(19-24)40-31(43)46-34(2,3)4)21-26-22-42(33(45)48-36(8,9)10)23-29(26)38-15-17-41(32(44)47-35(5,6)7)16-14-25-12-11-13-27(37)20-25/h11-13,18-20,26,29,38H,14-17,21-23H2,1-10H3,(H,39,40,43). The lowest BCUT2D eigenvalue weighted by Crippen LogP contribution is -2.45. The van der Waals surface area contributed by atoms with Crippen LogP contribution in [0.5, 0.6) is 0 Å². The van der Waals surface area contributed by atoms with Crippen LogP contribution >= 0.6 is 0 Å². The topological polar surface area (TPSA) is 122 Å². The summed E-state index contributed by atoms with van der Waals surface area (Å²) in [5.74, 6) is 0.0242. The molecule has 2 atom stereocenters. The lowest BCUT2D eigenvalue weighted by Gasteiger charge is -2.28. The molecule has 2 aromatic rings. The molecule has 1 aliphatic rings. The number of carbonyl (C=O) groups is 3. The van der Waals surface area contributed by atoms with Crippen LogP contribution in [-0.2, 0) is 27.1 Å². The molecule has 2 heterocycles. The van der Waals surface area contributed by atoms with Crippen molar-refractivity contribution in [1.82, 2.24) is 20.1 Å². The maximum atomic E-state index is 13.8. The fraction of sp³-hybridized carbons (Fsp3) is 0.611. The van der Waals surface area contributed by atoms with E-state index in [9.17, 15) is 18.8 Å². The molecule has 3 amide bonds. The van der Waals surface area contributed by atoms with Crippen LogP contribution in [0.2, 0.25) is 0 Å². The Morgan fingerprint density at radius 3 is 2.21 bits per heavy atom. The normalized spacial score (nSPS) is 16.8. The van der Waals surface area contributed by atoms with E-state index < -0.39 is 35.1 Å². The van der Waals surface area contributed by atoms with Gasteiger partial charge in [-0.1, -0.05) is 12.1 Å². The Labute approximate surface area is 284 Å². The third-order valence-electron chi connectivity index (χ3n) is 7.22. The highest BCUT2D eigenvalue weighted by atomic mass is 19.1. The van der Waals surface area contributed by atoms with E-state index >= 15 is 0 Å². The van der Waals surface area contributed by atoms with Gasteiger partial charge in [-0.25, -0.2) is 23.8 Å². The summed E-state index contributed by atoms with van der Waals surface area (Å²) in [5.41, 5.74) is 0.492. The predicted molar refractivity (Wildman–Crippen MR) is 184 cm³/mol. The number of aryl methyl sites for hydroxylation is 1. The van der Waals surface area contributed by atoms with Crippen LogP contribution in [0.15, 0.2) is 36.4 Å². The first-order chi connectivity index (χ1) is 22.2. The van der Waals surface area contributed by atoms with E-state index in [0.717, 1.165) is 16.8 Å². The molecule has 48 heavy (non-hydrogen) atoms. The first kappa shape index (κ1) is 38.5. The number of hydrogen-bond donors (Lipinski definition) is 2. The van der Waals surface area contributed by atoms with Crippen molar-refractivity contribution in [2.75, 3.05) is 38.0 Å². The van der Waals surface area contributed by atoms with Crippen molar-refractivity contribution >= 4 is 24.1 Å². The van der Waals surface area contributed by atoms with Crippen molar-refractivity contribution in [2.45, 2.75) is 105 Å². The molecule has 1 aromatic heterocycles. The highest BCUT2D eigenvalue weighted by molar-refractivity contribution is 5.83. The predicted octanol–water partition coefficient (Wildman–Crippen LogP) is 6.72. The van der Waals surface area contributed by atoms with Crippen LogP contribution in [0.3, 0.4) is 0 Å². The molecule has 12 heteroatoms. The van der Waals surface area contributed by atoms with E-state index in [-0.39, 0.29) is 17.8 Å². The molecule has 2 N–H and O–H groups in total. The quantitative estimate of drug-likeness (QED) is 0.267. The Morgan fingerprint density at radius 1 is 0.917 bits per heavy atom. The highest BCUT2D eigenvalue weighted by Gasteiger charge is 2.37. The first-order valence-corrected chi connectivity index (χ1v) is 16.6. The number of amides is 3. The summed E-state index contributed by atoms with van der Waals surface area (Å²) < 4.78 is 30.5. The second-order valence-electron chi connectivity index (χ2n) is 15.4. The third-order valence-corrected chi connectivity index (χ3v) is 7.22. The largest absolute Gasteiger partial charge is 0.444 e. The van der Waals surface area contributed by atoms with Gasteiger partial charge >= 0.3 is 18.3 Å². The molecule has 0 radical (unpaired) electrons. The summed E-state index contributed by atoms with van der Waals surface area (Å²) in [6.07, 6.45) is -0.444. The number of pyridine rings is 1.